The van der Waals surface area contributed by atoms with E-state index >= 15 is 0 Å². The van der Waals surface area contributed by atoms with Gasteiger partial charge in [0.2, 0.25) is 5.91 Å². The van der Waals surface area contributed by atoms with E-state index in [-0.39, 0.29) is 11.5 Å². The first kappa shape index (κ1) is 17.2. The molecular formula is C16H20N2O4S. The van der Waals surface area contributed by atoms with E-state index in [1.54, 1.807) is 25.1 Å². The van der Waals surface area contributed by atoms with Crippen molar-refractivity contribution in [3.05, 3.63) is 47.9 Å². The molecule has 1 aromatic carbocycles. The number of hydrogen-bond donors (Lipinski definition) is 0. The molecule has 0 fully saturated rings. The second kappa shape index (κ2) is 6.95. The molecule has 0 saturated carbocycles. The van der Waals surface area contributed by atoms with Crippen LogP contribution in [0, 0.1) is 6.92 Å². The molecule has 6 nitrogen and oxygen atoms in total. The summed E-state index contributed by atoms with van der Waals surface area (Å²) < 4.78 is 29.9. The van der Waals surface area contributed by atoms with E-state index in [2.05, 4.69) is 5.16 Å². The summed E-state index contributed by atoms with van der Waals surface area (Å²) in [4.78, 5) is 14.1. The van der Waals surface area contributed by atoms with Gasteiger partial charge >= 0.3 is 0 Å². The van der Waals surface area contributed by atoms with Gasteiger partial charge in [-0.15, -0.1) is 0 Å². The lowest BCUT2D eigenvalue weighted by atomic mass is 10.2. The van der Waals surface area contributed by atoms with Crippen molar-refractivity contribution in [2.75, 3.05) is 11.4 Å². The van der Waals surface area contributed by atoms with Crippen LogP contribution in [0.1, 0.15) is 25.3 Å². The summed E-state index contributed by atoms with van der Waals surface area (Å²) in [5, 5.41) is 2.51. The molecule has 124 valence electrons. The highest BCUT2D eigenvalue weighted by atomic mass is 32.2. The summed E-state index contributed by atoms with van der Waals surface area (Å²) in [7, 11) is -3.69. The van der Waals surface area contributed by atoms with E-state index < -0.39 is 21.0 Å². The highest BCUT2D eigenvalue weighted by Crippen LogP contribution is 2.19. The number of aromatic nitrogens is 1. The smallest absolute Gasteiger partial charge is 0.245 e. The van der Waals surface area contributed by atoms with Crippen LogP contribution in [0.4, 0.5) is 5.69 Å². The van der Waals surface area contributed by atoms with Crippen LogP contribution in [0.25, 0.3) is 0 Å². The van der Waals surface area contributed by atoms with E-state index in [9.17, 15) is 13.2 Å². The van der Waals surface area contributed by atoms with Crippen molar-refractivity contribution >= 4 is 21.4 Å². The van der Waals surface area contributed by atoms with Crippen molar-refractivity contribution in [1.82, 2.24) is 5.16 Å². The first-order chi connectivity index (χ1) is 10.8. The van der Waals surface area contributed by atoms with Gasteiger partial charge in [0.15, 0.2) is 15.6 Å². The number of hydrogen-bond acceptors (Lipinski definition) is 5. The first-order valence-electron chi connectivity index (χ1n) is 7.35. The van der Waals surface area contributed by atoms with Crippen LogP contribution < -0.4 is 4.90 Å². The highest BCUT2D eigenvalue weighted by Gasteiger charge is 2.32. The van der Waals surface area contributed by atoms with Gasteiger partial charge in [0.05, 0.1) is 5.69 Å². The molecule has 0 aliphatic heterocycles. The SMILES string of the molecule is CCN(C(=O)[C@@H](C)S(=O)(=O)Cc1cc(C)no1)c1ccccc1. The number of carbonyl (C=O) groups excluding carboxylic acids is 1. The van der Waals surface area contributed by atoms with E-state index in [1.807, 2.05) is 25.1 Å². The van der Waals surface area contributed by atoms with Gasteiger partial charge in [-0.1, -0.05) is 23.4 Å². The summed E-state index contributed by atoms with van der Waals surface area (Å²) in [6, 6.07) is 10.6. The van der Waals surface area contributed by atoms with Crippen LogP contribution in [-0.2, 0) is 20.4 Å². The average molecular weight is 336 g/mol. The van der Waals surface area contributed by atoms with Gasteiger partial charge in [-0.3, -0.25) is 4.79 Å². The van der Waals surface area contributed by atoms with Crippen LogP contribution in [0.5, 0.6) is 0 Å². The van der Waals surface area contributed by atoms with Crippen molar-refractivity contribution in [2.45, 2.75) is 31.8 Å². The maximum atomic E-state index is 12.6. The lowest BCUT2D eigenvalue weighted by molar-refractivity contribution is -0.117. The lowest BCUT2D eigenvalue weighted by Gasteiger charge is -2.24. The maximum Gasteiger partial charge on any atom is 0.245 e. The fourth-order valence-corrected chi connectivity index (χ4v) is 3.47. The van der Waals surface area contributed by atoms with Gasteiger partial charge < -0.3 is 9.42 Å². The Bertz CT molecular complexity index is 768. The number of carbonyl (C=O) groups is 1. The number of amides is 1. The lowest BCUT2D eigenvalue weighted by Crippen LogP contribution is -2.42. The van der Waals surface area contributed by atoms with Crippen LogP contribution in [0.2, 0.25) is 0 Å². The Hall–Kier alpha value is -2.15. The van der Waals surface area contributed by atoms with Crippen molar-refractivity contribution < 1.29 is 17.7 Å². The third-order valence-electron chi connectivity index (χ3n) is 3.56. The first-order valence-corrected chi connectivity index (χ1v) is 9.07. The molecule has 0 radical (unpaired) electrons. The molecule has 0 spiro atoms. The van der Waals surface area contributed by atoms with Crippen molar-refractivity contribution in [3.8, 4) is 0 Å². The quantitative estimate of drug-likeness (QED) is 0.809. The molecule has 1 heterocycles. The molecule has 1 aromatic heterocycles. The van der Waals surface area contributed by atoms with Gasteiger partial charge in [0, 0.05) is 18.3 Å². The maximum absolute atomic E-state index is 12.6. The minimum Gasteiger partial charge on any atom is -0.360 e. The molecule has 1 amide bonds. The molecule has 0 bridgehead atoms. The third-order valence-corrected chi connectivity index (χ3v) is 5.52. The summed E-state index contributed by atoms with van der Waals surface area (Å²) >= 11 is 0. The number of anilines is 1. The molecular weight excluding hydrogens is 316 g/mol. The predicted octanol–water partition coefficient (Wildman–Crippen LogP) is 2.34. The Balaban J connectivity index is 2.20. The number of nitrogens with zero attached hydrogens (tertiary/aromatic N) is 2. The van der Waals surface area contributed by atoms with E-state index in [1.165, 1.54) is 11.8 Å². The summed E-state index contributed by atoms with van der Waals surface area (Å²) in [5.74, 6) is -0.549. The minimum atomic E-state index is -3.69. The second-order valence-electron chi connectivity index (χ2n) is 5.30. The van der Waals surface area contributed by atoms with Gasteiger partial charge in [0.1, 0.15) is 11.0 Å². The molecule has 0 aliphatic carbocycles. The van der Waals surface area contributed by atoms with E-state index in [0.717, 1.165) is 0 Å². The number of sulfone groups is 1. The molecule has 0 saturated heterocycles. The zero-order valence-electron chi connectivity index (χ0n) is 13.4. The Labute approximate surface area is 136 Å². The molecule has 23 heavy (non-hydrogen) atoms. The van der Waals surface area contributed by atoms with Crippen molar-refractivity contribution in [3.63, 3.8) is 0 Å². The summed E-state index contributed by atoms with van der Waals surface area (Å²) in [6.45, 7) is 5.32. The third kappa shape index (κ3) is 3.98. The van der Waals surface area contributed by atoms with E-state index in [0.29, 0.717) is 17.9 Å². The molecule has 0 unspecified atom stereocenters. The van der Waals surface area contributed by atoms with Crippen molar-refractivity contribution in [2.24, 2.45) is 0 Å². The summed E-state index contributed by atoms with van der Waals surface area (Å²) in [6.07, 6.45) is 0. The Morgan fingerprint density at radius 1 is 1.30 bits per heavy atom. The molecule has 2 rings (SSSR count). The number of rotatable bonds is 6. The fraction of sp³-hybridized carbons (Fsp3) is 0.375. The minimum absolute atomic E-state index is 0.241. The fourth-order valence-electron chi connectivity index (χ4n) is 2.25. The molecule has 0 N–H and O–H groups in total. The van der Waals surface area contributed by atoms with Crippen molar-refractivity contribution in [1.29, 1.82) is 0 Å². The normalized spacial score (nSPS) is 12.8. The van der Waals surface area contributed by atoms with Crippen LogP contribution in [0.3, 0.4) is 0 Å². The molecule has 7 heteroatoms. The molecule has 2 aromatic rings. The zero-order chi connectivity index (χ0) is 17.0. The summed E-state index contributed by atoms with van der Waals surface area (Å²) in [5.41, 5.74) is 1.28. The number of benzene rings is 1. The van der Waals surface area contributed by atoms with Gasteiger partial charge in [0.25, 0.3) is 0 Å². The standard InChI is InChI=1S/C16H20N2O4S/c1-4-18(14-8-6-5-7-9-14)16(19)13(3)23(20,21)11-15-10-12(2)17-22-15/h5-10,13H,4,11H2,1-3H3/t13-/m1/s1. The van der Waals surface area contributed by atoms with Gasteiger partial charge in [-0.2, -0.15) is 0 Å². The Morgan fingerprint density at radius 2 is 1.96 bits per heavy atom. The Kier molecular flexibility index (Phi) is 5.20. The largest absolute Gasteiger partial charge is 0.360 e. The zero-order valence-corrected chi connectivity index (χ0v) is 14.2. The highest BCUT2D eigenvalue weighted by molar-refractivity contribution is 7.92. The monoisotopic (exact) mass is 336 g/mol. The topological polar surface area (TPSA) is 80.5 Å². The van der Waals surface area contributed by atoms with Gasteiger partial charge in [-0.05, 0) is 32.9 Å². The molecule has 0 aliphatic rings. The second-order valence-corrected chi connectivity index (χ2v) is 7.62. The number of aryl methyl sites for hydroxylation is 1. The van der Waals surface area contributed by atoms with Gasteiger partial charge in [-0.25, -0.2) is 8.42 Å². The van der Waals surface area contributed by atoms with Crippen LogP contribution >= 0.6 is 0 Å². The van der Waals surface area contributed by atoms with Crippen LogP contribution in [-0.4, -0.2) is 31.3 Å². The molecule has 1 atom stereocenters. The predicted molar refractivity (Wildman–Crippen MR) is 87.8 cm³/mol. The van der Waals surface area contributed by atoms with Crippen LogP contribution in [0.15, 0.2) is 40.9 Å². The number of para-hydroxylation sites is 1. The Morgan fingerprint density at radius 3 is 2.48 bits per heavy atom. The van der Waals surface area contributed by atoms with E-state index in [4.69, 9.17) is 4.52 Å². The average Bonchev–Trinajstić information content (AvgIpc) is 2.92.